The number of fused-ring (bicyclic) bond motifs is 3. The van der Waals surface area contributed by atoms with Crippen molar-refractivity contribution in [3.05, 3.63) is 35.3 Å². The van der Waals surface area contributed by atoms with E-state index in [2.05, 4.69) is 16.5 Å². The van der Waals surface area contributed by atoms with Gasteiger partial charge in [0.25, 0.3) is 0 Å². The predicted octanol–water partition coefficient (Wildman–Crippen LogP) is 1.68. The lowest BCUT2D eigenvalue weighted by Crippen LogP contribution is -2.30. The van der Waals surface area contributed by atoms with Gasteiger partial charge in [0.2, 0.25) is 0 Å². The first kappa shape index (κ1) is 10.7. The van der Waals surface area contributed by atoms with Crippen molar-refractivity contribution >= 4 is 10.9 Å². The Morgan fingerprint density at radius 2 is 2.18 bits per heavy atom. The monoisotopic (exact) mass is 233 g/mol. The van der Waals surface area contributed by atoms with Crippen molar-refractivity contribution in [2.45, 2.75) is 19.6 Å². The van der Waals surface area contributed by atoms with Crippen LogP contribution in [0.15, 0.2) is 18.2 Å². The minimum Gasteiger partial charge on any atom is -0.339 e. The van der Waals surface area contributed by atoms with Crippen molar-refractivity contribution in [3.8, 4) is 0 Å². The fraction of sp³-hybridized carbons (Fsp3) is 0.385. The summed E-state index contributed by atoms with van der Waals surface area (Å²) in [6.45, 7) is 3.11. The van der Waals surface area contributed by atoms with Crippen molar-refractivity contribution in [3.63, 3.8) is 0 Å². The molecule has 2 aromatic rings. The van der Waals surface area contributed by atoms with Crippen molar-refractivity contribution in [2.24, 2.45) is 5.73 Å². The minimum atomic E-state index is -0.145. The van der Waals surface area contributed by atoms with E-state index in [0.29, 0.717) is 6.54 Å². The second-order valence-electron chi connectivity index (χ2n) is 4.65. The number of rotatable bonds is 1. The molecule has 0 atom stereocenters. The van der Waals surface area contributed by atoms with Crippen LogP contribution < -0.4 is 5.73 Å². The zero-order valence-corrected chi connectivity index (χ0v) is 9.91. The van der Waals surface area contributed by atoms with Crippen LogP contribution in [0.4, 0.5) is 4.39 Å². The topological polar surface area (TPSA) is 34.2 Å². The number of para-hydroxylation sites is 1. The lowest BCUT2D eigenvalue weighted by Gasteiger charge is -2.26. The van der Waals surface area contributed by atoms with Crippen molar-refractivity contribution in [1.82, 2.24) is 9.47 Å². The maximum absolute atomic E-state index is 13.9. The third kappa shape index (κ3) is 1.48. The summed E-state index contributed by atoms with van der Waals surface area (Å²) < 4.78 is 16.0. The van der Waals surface area contributed by atoms with Crippen LogP contribution in [0, 0.1) is 5.82 Å². The van der Waals surface area contributed by atoms with Gasteiger partial charge in [0.1, 0.15) is 5.82 Å². The van der Waals surface area contributed by atoms with Gasteiger partial charge in [-0.05, 0) is 18.7 Å². The molecule has 0 saturated carbocycles. The first-order chi connectivity index (χ1) is 8.22. The van der Waals surface area contributed by atoms with Gasteiger partial charge in [0.05, 0.1) is 5.52 Å². The molecule has 0 fully saturated rings. The van der Waals surface area contributed by atoms with Gasteiger partial charge in [-0.1, -0.05) is 12.1 Å². The molecule has 2 heterocycles. The molecule has 0 aliphatic carbocycles. The lowest BCUT2D eigenvalue weighted by atomic mass is 10.1. The highest BCUT2D eigenvalue weighted by molar-refractivity contribution is 5.86. The number of nitrogens with zero attached hydrogens (tertiary/aromatic N) is 2. The Morgan fingerprint density at radius 3 is 2.94 bits per heavy atom. The Bertz CT molecular complexity index is 574. The SMILES string of the molecule is CN1CCn2c(c(CN)c3cccc(F)c32)C1. The molecule has 4 heteroatoms. The van der Waals surface area contributed by atoms with Gasteiger partial charge in [-0.25, -0.2) is 4.39 Å². The highest BCUT2D eigenvalue weighted by Gasteiger charge is 2.22. The number of halogens is 1. The van der Waals surface area contributed by atoms with E-state index in [1.54, 1.807) is 6.07 Å². The molecule has 3 nitrogen and oxygen atoms in total. The standard InChI is InChI=1S/C13H16FN3/c1-16-5-6-17-12(8-16)10(7-15)9-3-2-4-11(14)13(9)17/h2-4H,5-8,15H2,1H3. The molecule has 1 aromatic carbocycles. The normalized spacial score (nSPS) is 16.4. The summed E-state index contributed by atoms with van der Waals surface area (Å²) in [5, 5.41) is 0.970. The number of hydrogen-bond donors (Lipinski definition) is 1. The molecular weight excluding hydrogens is 217 g/mol. The Balaban J connectivity index is 2.36. The average Bonchev–Trinajstić information content (AvgIpc) is 2.63. The molecule has 0 radical (unpaired) electrons. The molecule has 1 aliphatic heterocycles. The van der Waals surface area contributed by atoms with Crippen LogP contribution in [-0.4, -0.2) is 23.1 Å². The first-order valence-corrected chi connectivity index (χ1v) is 5.89. The molecule has 0 spiro atoms. The molecule has 3 rings (SSSR count). The zero-order chi connectivity index (χ0) is 12.0. The third-order valence-electron chi connectivity index (χ3n) is 3.59. The largest absolute Gasteiger partial charge is 0.339 e. The van der Waals surface area contributed by atoms with Gasteiger partial charge >= 0.3 is 0 Å². The van der Waals surface area contributed by atoms with E-state index in [1.807, 2.05) is 6.07 Å². The molecule has 0 bridgehead atoms. The zero-order valence-electron chi connectivity index (χ0n) is 9.91. The molecule has 1 aliphatic rings. The van der Waals surface area contributed by atoms with E-state index in [4.69, 9.17) is 5.73 Å². The van der Waals surface area contributed by atoms with Crippen LogP contribution in [0.1, 0.15) is 11.3 Å². The summed E-state index contributed by atoms with van der Waals surface area (Å²) in [6.07, 6.45) is 0. The second-order valence-corrected chi connectivity index (χ2v) is 4.65. The Morgan fingerprint density at radius 1 is 1.35 bits per heavy atom. The molecule has 1 aromatic heterocycles. The maximum Gasteiger partial charge on any atom is 0.147 e. The number of benzene rings is 1. The summed E-state index contributed by atoms with van der Waals surface area (Å²) in [6, 6.07) is 5.24. The maximum atomic E-state index is 13.9. The Kier molecular flexibility index (Phi) is 2.42. The fourth-order valence-electron chi connectivity index (χ4n) is 2.75. The van der Waals surface area contributed by atoms with Gasteiger partial charge < -0.3 is 10.3 Å². The van der Waals surface area contributed by atoms with Crippen LogP contribution >= 0.6 is 0 Å². The van der Waals surface area contributed by atoms with Gasteiger partial charge in [-0.3, -0.25) is 4.90 Å². The highest BCUT2D eigenvalue weighted by atomic mass is 19.1. The third-order valence-corrected chi connectivity index (χ3v) is 3.59. The number of aromatic nitrogens is 1. The van der Waals surface area contributed by atoms with E-state index in [-0.39, 0.29) is 5.82 Å². The first-order valence-electron chi connectivity index (χ1n) is 5.89. The molecular formula is C13H16FN3. The average molecular weight is 233 g/mol. The van der Waals surface area contributed by atoms with Gasteiger partial charge in [0, 0.05) is 37.3 Å². The number of likely N-dealkylation sites (N-methyl/N-ethyl adjacent to an activating group) is 1. The van der Waals surface area contributed by atoms with Crippen molar-refractivity contribution in [1.29, 1.82) is 0 Å². The highest BCUT2D eigenvalue weighted by Crippen LogP contribution is 2.30. The predicted molar refractivity (Wildman–Crippen MR) is 66.1 cm³/mol. The second kappa shape index (κ2) is 3.82. The van der Waals surface area contributed by atoms with Crippen LogP contribution in [0.5, 0.6) is 0 Å². The summed E-state index contributed by atoms with van der Waals surface area (Å²) in [7, 11) is 2.08. The van der Waals surface area contributed by atoms with E-state index in [9.17, 15) is 4.39 Å². The van der Waals surface area contributed by atoms with Crippen molar-refractivity contribution < 1.29 is 4.39 Å². The Hall–Kier alpha value is -1.39. The Labute approximate surface area is 99.6 Å². The molecule has 17 heavy (non-hydrogen) atoms. The van der Waals surface area contributed by atoms with E-state index in [1.165, 1.54) is 11.8 Å². The molecule has 0 amide bonds. The van der Waals surface area contributed by atoms with E-state index < -0.39 is 0 Å². The molecule has 90 valence electrons. The number of hydrogen-bond acceptors (Lipinski definition) is 2. The van der Waals surface area contributed by atoms with E-state index in [0.717, 1.165) is 36.1 Å². The summed E-state index contributed by atoms with van der Waals surface area (Å²) >= 11 is 0. The van der Waals surface area contributed by atoms with Gasteiger partial charge in [0.15, 0.2) is 0 Å². The van der Waals surface area contributed by atoms with E-state index >= 15 is 0 Å². The van der Waals surface area contributed by atoms with Gasteiger partial charge in [-0.2, -0.15) is 0 Å². The molecule has 0 saturated heterocycles. The van der Waals surface area contributed by atoms with Crippen LogP contribution in [0.2, 0.25) is 0 Å². The molecule has 2 N–H and O–H groups in total. The molecule has 0 unspecified atom stereocenters. The van der Waals surface area contributed by atoms with Crippen LogP contribution in [0.25, 0.3) is 10.9 Å². The van der Waals surface area contributed by atoms with Crippen LogP contribution in [-0.2, 0) is 19.6 Å². The quantitative estimate of drug-likeness (QED) is 0.813. The fourth-order valence-corrected chi connectivity index (χ4v) is 2.75. The minimum absolute atomic E-state index is 0.145. The number of nitrogens with two attached hydrogens (primary N) is 1. The smallest absolute Gasteiger partial charge is 0.147 e. The van der Waals surface area contributed by atoms with Gasteiger partial charge in [-0.15, -0.1) is 0 Å². The van der Waals surface area contributed by atoms with Crippen molar-refractivity contribution in [2.75, 3.05) is 13.6 Å². The van der Waals surface area contributed by atoms with Crippen LogP contribution in [0.3, 0.4) is 0 Å². The lowest BCUT2D eigenvalue weighted by molar-refractivity contribution is 0.271. The summed E-state index contributed by atoms with van der Waals surface area (Å²) in [5.41, 5.74) is 8.80. The summed E-state index contributed by atoms with van der Waals surface area (Å²) in [5.74, 6) is -0.145. The summed E-state index contributed by atoms with van der Waals surface area (Å²) in [4.78, 5) is 2.24.